The lowest BCUT2D eigenvalue weighted by atomic mass is 9.80. The second-order valence-electron chi connectivity index (χ2n) is 15.1. The van der Waals surface area contributed by atoms with Crippen LogP contribution in [0.5, 0.6) is 0 Å². The Morgan fingerprint density at radius 1 is 0.415 bits per heavy atom. The van der Waals surface area contributed by atoms with Crippen LogP contribution in [0.1, 0.15) is 25.0 Å². The van der Waals surface area contributed by atoms with Gasteiger partial charge in [0.15, 0.2) is 0 Å². The van der Waals surface area contributed by atoms with Crippen molar-refractivity contribution in [2.45, 2.75) is 19.3 Å². The number of rotatable bonds is 2. The molecule has 0 N–H and O–H groups in total. The number of furan rings is 1. The second-order valence-corrected chi connectivity index (χ2v) is 16.2. The van der Waals surface area contributed by atoms with Crippen molar-refractivity contribution in [3.8, 4) is 33.4 Å². The first kappa shape index (κ1) is 29.4. The van der Waals surface area contributed by atoms with Crippen molar-refractivity contribution in [1.29, 1.82) is 0 Å². The Bertz CT molecular complexity index is 3320. The van der Waals surface area contributed by atoms with Crippen LogP contribution in [0.2, 0.25) is 0 Å². The molecule has 1 nitrogen and oxygen atoms in total. The number of hydrogen-bond donors (Lipinski definition) is 0. The van der Waals surface area contributed by atoms with Crippen LogP contribution < -0.4 is 0 Å². The molecule has 0 atom stereocenters. The van der Waals surface area contributed by atoms with E-state index in [4.69, 9.17) is 4.42 Å². The minimum absolute atomic E-state index is 0.162. The van der Waals surface area contributed by atoms with Gasteiger partial charge in [0, 0.05) is 36.4 Å². The van der Waals surface area contributed by atoms with E-state index in [9.17, 15) is 0 Å². The van der Waals surface area contributed by atoms with Crippen molar-refractivity contribution in [2.24, 2.45) is 0 Å². The Hall–Kier alpha value is -6.22. The van der Waals surface area contributed by atoms with Crippen LogP contribution in [-0.2, 0) is 5.41 Å². The molecule has 9 aromatic carbocycles. The first-order valence-corrected chi connectivity index (χ1v) is 19.2. The van der Waals surface area contributed by atoms with E-state index in [2.05, 4.69) is 166 Å². The molecule has 0 radical (unpaired) electrons. The Kier molecular flexibility index (Phi) is 5.78. The molecule has 0 bridgehead atoms. The fourth-order valence-corrected chi connectivity index (χ4v) is 11.2. The number of para-hydroxylation sites is 1. The van der Waals surface area contributed by atoms with E-state index in [1.165, 1.54) is 97.0 Å². The van der Waals surface area contributed by atoms with E-state index in [0.717, 1.165) is 21.9 Å². The summed E-state index contributed by atoms with van der Waals surface area (Å²) in [5.41, 5.74) is 12.3. The van der Waals surface area contributed by atoms with E-state index in [1.807, 2.05) is 17.4 Å². The number of fused-ring (bicyclic) bond motifs is 14. The molecule has 1 aliphatic rings. The minimum atomic E-state index is -0.162. The third kappa shape index (κ3) is 3.86. The molecule has 0 aliphatic heterocycles. The standard InChI is InChI=1S/C51H32OS/c1-51(2)42-21-11-9-20-39(42)47-41(28-40-38-26-23-29-13-3-4-14-31(29)49(38)53-50(40)48(47)51)46-36-18-7-5-16-34(36)45(35-17-6-8-19-37(35)46)30-24-25-33-32-15-10-12-22-43(32)52-44(33)27-30/h3-28H,1-2H3. The average Bonchev–Trinajstić information content (AvgIpc) is 3.84. The molecule has 1 aliphatic carbocycles. The zero-order valence-corrected chi connectivity index (χ0v) is 30.1. The van der Waals surface area contributed by atoms with Gasteiger partial charge >= 0.3 is 0 Å². The maximum atomic E-state index is 6.43. The van der Waals surface area contributed by atoms with Crippen LogP contribution in [-0.4, -0.2) is 0 Å². The third-order valence-electron chi connectivity index (χ3n) is 12.0. The van der Waals surface area contributed by atoms with Gasteiger partial charge in [-0.25, -0.2) is 0 Å². The molecule has 248 valence electrons. The lowest BCUT2D eigenvalue weighted by molar-refractivity contribution is 0.667. The van der Waals surface area contributed by atoms with E-state index in [-0.39, 0.29) is 5.41 Å². The second kappa shape index (κ2) is 10.4. The predicted molar refractivity (Wildman–Crippen MR) is 228 cm³/mol. The molecular formula is C51H32OS. The van der Waals surface area contributed by atoms with Crippen LogP contribution in [0.25, 0.3) is 108 Å². The summed E-state index contributed by atoms with van der Waals surface area (Å²) in [6.45, 7) is 4.85. The van der Waals surface area contributed by atoms with Crippen LogP contribution >= 0.6 is 11.3 Å². The molecule has 0 fully saturated rings. The number of benzene rings is 9. The largest absolute Gasteiger partial charge is 0.456 e. The van der Waals surface area contributed by atoms with Crippen molar-refractivity contribution < 1.29 is 4.42 Å². The Morgan fingerprint density at radius 3 is 1.79 bits per heavy atom. The lowest BCUT2D eigenvalue weighted by Gasteiger charge is -2.24. The maximum Gasteiger partial charge on any atom is 0.136 e. The fourth-order valence-electron chi connectivity index (χ4n) is 9.70. The van der Waals surface area contributed by atoms with Gasteiger partial charge in [-0.2, -0.15) is 0 Å². The van der Waals surface area contributed by atoms with Crippen molar-refractivity contribution in [2.75, 3.05) is 0 Å². The molecule has 11 aromatic rings. The molecule has 2 heterocycles. The van der Waals surface area contributed by atoms with E-state index in [1.54, 1.807) is 0 Å². The molecule has 2 heteroatoms. The Labute approximate surface area is 310 Å². The summed E-state index contributed by atoms with van der Waals surface area (Å²) < 4.78 is 9.21. The molecule has 0 saturated carbocycles. The first-order chi connectivity index (χ1) is 26.1. The smallest absolute Gasteiger partial charge is 0.136 e. The van der Waals surface area contributed by atoms with Gasteiger partial charge in [0.05, 0.1) is 0 Å². The molecule has 0 unspecified atom stereocenters. The molecule has 2 aromatic heterocycles. The van der Waals surface area contributed by atoms with Gasteiger partial charge in [0.2, 0.25) is 0 Å². The van der Waals surface area contributed by atoms with E-state index < -0.39 is 0 Å². The summed E-state index contributed by atoms with van der Waals surface area (Å²) in [5.74, 6) is 0. The van der Waals surface area contributed by atoms with Crippen molar-refractivity contribution in [3.63, 3.8) is 0 Å². The summed E-state index contributed by atoms with van der Waals surface area (Å²) >= 11 is 1.97. The van der Waals surface area contributed by atoms with Crippen molar-refractivity contribution in [1.82, 2.24) is 0 Å². The van der Waals surface area contributed by atoms with Crippen LogP contribution in [0.4, 0.5) is 0 Å². The van der Waals surface area contributed by atoms with Gasteiger partial charge in [0.25, 0.3) is 0 Å². The highest BCUT2D eigenvalue weighted by atomic mass is 32.1. The molecule has 0 saturated heterocycles. The van der Waals surface area contributed by atoms with Crippen LogP contribution in [0.3, 0.4) is 0 Å². The Morgan fingerprint density at radius 2 is 1.02 bits per heavy atom. The van der Waals surface area contributed by atoms with E-state index >= 15 is 0 Å². The van der Waals surface area contributed by atoms with Gasteiger partial charge in [-0.15, -0.1) is 11.3 Å². The SMILES string of the molecule is CC1(C)c2ccccc2-c2c(-c3c4ccccc4c(-c4ccc5c(c4)oc4ccccc45)c4ccccc34)cc3c(sc4c5ccccc5ccc34)c21. The van der Waals surface area contributed by atoms with Gasteiger partial charge < -0.3 is 4.42 Å². The van der Waals surface area contributed by atoms with Gasteiger partial charge in [-0.3, -0.25) is 0 Å². The summed E-state index contributed by atoms with van der Waals surface area (Å²) in [6.07, 6.45) is 0. The number of hydrogen-bond acceptors (Lipinski definition) is 2. The summed E-state index contributed by atoms with van der Waals surface area (Å²) in [6, 6.07) is 58.3. The quantitative estimate of drug-likeness (QED) is 0.164. The summed E-state index contributed by atoms with van der Waals surface area (Å²) in [4.78, 5) is 0. The topological polar surface area (TPSA) is 13.1 Å². The maximum absolute atomic E-state index is 6.43. The monoisotopic (exact) mass is 692 g/mol. The lowest BCUT2D eigenvalue weighted by Crippen LogP contribution is -2.15. The van der Waals surface area contributed by atoms with Crippen molar-refractivity contribution >= 4 is 85.8 Å². The van der Waals surface area contributed by atoms with Gasteiger partial charge in [-0.1, -0.05) is 147 Å². The molecule has 0 spiro atoms. The minimum Gasteiger partial charge on any atom is -0.456 e. The fraction of sp³-hybridized carbons (Fsp3) is 0.0588. The van der Waals surface area contributed by atoms with Crippen molar-refractivity contribution in [3.05, 3.63) is 169 Å². The summed E-state index contributed by atoms with van der Waals surface area (Å²) in [5, 5.41) is 12.6. The zero-order valence-electron chi connectivity index (χ0n) is 29.3. The molecule has 0 amide bonds. The third-order valence-corrected chi connectivity index (χ3v) is 13.3. The highest BCUT2D eigenvalue weighted by Crippen LogP contribution is 2.59. The zero-order chi connectivity index (χ0) is 35.0. The molecule has 12 rings (SSSR count). The van der Waals surface area contributed by atoms with Crippen LogP contribution in [0, 0.1) is 0 Å². The first-order valence-electron chi connectivity index (χ1n) is 18.4. The predicted octanol–water partition coefficient (Wildman–Crippen LogP) is 15.1. The average molecular weight is 693 g/mol. The van der Waals surface area contributed by atoms with Gasteiger partial charge in [0.1, 0.15) is 11.2 Å². The van der Waals surface area contributed by atoms with Crippen LogP contribution in [0.15, 0.2) is 162 Å². The van der Waals surface area contributed by atoms with E-state index in [0.29, 0.717) is 0 Å². The number of thiophene rings is 1. The molecule has 53 heavy (non-hydrogen) atoms. The highest BCUT2D eigenvalue weighted by Gasteiger charge is 2.40. The normalized spacial score (nSPS) is 13.6. The molecular weight excluding hydrogens is 661 g/mol. The summed E-state index contributed by atoms with van der Waals surface area (Å²) in [7, 11) is 0. The Balaban J connectivity index is 1.24. The highest BCUT2D eigenvalue weighted by molar-refractivity contribution is 7.27. The van der Waals surface area contributed by atoms with Gasteiger partial charge in [-0.05, 0) is 101 Å².